The Kier molecular flexibility index (Phi) is 4.61. The molecule has 0 aromatic carbocycles. The third kappa shape index (κ3) is 3.81. The molecule has 0 aliphatic heterocycles. The van der Waals surface area contributed by atoms with E-state index in [1.54, 1.807) is 6.20 Å². The molecule has 1 amide bonds. The number of ether oxygens (including phenoxy) is 1. The average molecular weight is 434 g/mol. The highest BCUT2D eigenvalue weighted by molar-refractivity contribution is 9.10. The second kappa shape index (κ2) is 6.82. The van der Waals surface area contributed by atoms with Gasteiger partial charge in [-0.15, -0.1) is 0 Å². The van der Waals surface area contributed by atoms with Crippen molar-refractivity contribution in [2.24, 2.45) is 0 Å². The average Bonchev–Trinajstić information content (AvgIpc) is 3.17. The summed E-state index contributed by atoms with van der Waals surface area (Å²) < 4.78 is 8.42. The van der Waals surface area contributed by atoms with Crippen molar-refractivity contribution in [3.63, 3.8) is 0 Å². The summed E-state index contributed by atoms with van der Waals surface area (Å²) in [5, 5.41) is 3.00. The minimum atomic E-state index is -0.469. The van der Waals surface area contributed by atoms with E-state index in [2.05, 4.69) is 41.8 Å². The third-order valence-corrected chi connectivity index (χ3v) is 5.56. The molecule has 4 rings (SSSR count). The van der Waals surface area contributed by atoms with Gasteiger partial charge in [-0.05, 0) is 62.4 Å². The van der Waals surface area contributed by atoms with E-state index in [1.807, 2.05) is 27.0 Å². The summed E-state index contributed by atoms with van der Waals surface area (Å²) in [6.45, 7) is 5.63. The van der Waals surface area contributed by atoms with Crippen LogP contribution >= 0.6 is 15.9 Å². The van der Waals surface area contributed by atoms with E-state index in [0.717, 1.165) is 52.7 Å². The molecule has 8 heteroatoms. The van der Waals surface area contributed by atoms with Gasteiger partial charge in [0.25, 0.3) is 0 Å². The highest BCUT2D eigenvalue weighted by Gasteiger charge is 2.27. The molecule has 3 aromatic heterocycles. The van der Waals surface area contributed by atoms with Crippen LogP contribution in [-0.2, 0) is 4.74 Å². The van der Waals surface area contributed by atoms with E-state index in [-0.39, 0.29) is 12.1 Å². The Balaban J connectivity index is 1.45. The molecule has 3 heterocycles. The number of aromatic nitrogens is 4. The summed E-state index contributed by atoms with van der Waals surface area (Å²) in [5.41, 5.74) is 3.32. The minimum Gasteiger partial charge on any atom is -0.444 e. The van der Waals surface area contributed by atoms with Gasteiger partial charge in [-0.2, -0.15) is 0 Å². The molecule has 0 unspecified atom stereocenters. The van der Waals surface area contributed by atoms with Gasteiger partial charge in [0.15, 0.2) is 11.3 Å². The summed E-state index contributed by atoms with van der Waals surface area (Å²) in [6.07, 6.45) is 9.33. The van der Waals surface area contributed by atoms with Crippen LogP contribution in [0.3, 0.4) is 0 Å². The van der Waals surface area contributed by atoms with Crippen molar-refractivity contribution in [3.8, 4) is 0 Å². The second-order valence-electron chi connectivity index (χ2n) is 8.18. The standard InChI is InChI=1S/C19H24BrN5O2/c1-19(2,3)27-18(26)23-12-6-4-11(5-7-12)14-10-25-15(24-14)9-22-17-16(25)13(20)8-21-17/h8-12,21H,4-7H2,1-3H3,(H,23,26). The van der Waals surface area contributed by atoms with E-state index in [9.17, 15) is 4.79 Å². The Morgan fingerprint density at radius 2 is 2.07 bits per heavy atom. The van der Waals surface area contributed by atoms with Crippen LogP contribution < -0.4 is 5.32 Å². The Hall–Kier alpha value is -2.09. The van der Waals surface area contributed by atoms with Crippen molar-refractivity contribution < 1.29 is 9.53 Å². The predicted molar refractivity (Wildman–Crippen MR) is 107 cm³/mol. The van der Waals surface area contributed by atoms with E-state index in [0.29, 0.717) is 5.92 Å². The molecule has 0 bridgehead atoms. The van der Waals surface area contributed by atoms with Gasteiger partial charge < -0.3 is 15.0 Å². The number of fused-ring (bicyclic) bond motifs is 3. The van der Waals surface area contributed by atoms with E-state index >= 15 is 0 Å². The number of alkyl carbamates (subject to hydrolysis) is 1. The molecule has 1 saturated carbocycles. The van der Waals surface area contributed by atoms with Crippen LogP contribution in [0.1, 0.15) is 58.1 Å². The second-order valence-corrected chi connectivity index (χ2v) is 9.04. The summed E-state index contributed by atoms with van der Waals surface area (Å²) in [6, 6.07) is 0.167. The van der Waals surface area contributed by atoms with Crippen LogP contribution in [0.5, 0.6) is 0 Å². The number of amides is 1. The number of carbonyl (C=O) groups is 1. The van der Waals surface area contributed by atoms with Crippen LogP contribution in [0.15, 0.2) is 23.1 Å². The molecule has 0 spiro atoms. The maximum absolute atomic E-state index is 12.0. The molecule has 2 N–H and O–H groups in total. The molecule has 1 aliphatic carbocycles. The van der Waals surface area contributed by atoms with Gasteiger partial charge in [-0.25, -0.2) is 14.8 Å². The van der Waals surface area contributed by atoms with Crippen LogP contribution in [0, 0.1) is 0 Å². The third-order valence-electron chi connectivity index (χ3n) is 4.95. The molecular formula is C19H24BrN5O2. The number of imidazole rings is 1. The number of carbonyl (C=O) groups excluding carboxylic acids is 1. The maximum atomic E-state index is 12.0. The number of halogens is 1. The van der Waals surface area contributed by atoms with Crippen molar-refractivity contribution in [1.29, 1.82) is 0 Å². The van der Waals surface area contributed by atoms with E-state index in [4.69, 9.17) is 9.72 Å². The predicted octanol–water partition coefficient (Wildman–Crippen LogP) is 4.52. The molecule has 7 nitrogen and oxygen atoms in total. The Morgan fingerprint density at radius 1 is 1.33 bits per heavy atom. The first-order valence-electron chi connectivity index (χ1n) is 9.30. The van der Waals surface area contributed by atoms with Crippen molar-refractivity contribution in [1.82, 2.24) is 24.7 Å². The SMILES string of the molecule is CC(C)(C)OC(=O)NC1CCC(c2cn3c(cnc4[nH]cc(Br)c43)n2)CC1. The summed E-state index contributed by atoms with van der Waals surface area (Å²) in [5.74, 6) is 0.398. The van der Waals surface area contributed by atoms with Gasteiger partial charge in [0, 0.05) is 24.4 Å². The van der Waals surface area contributed by atoms with Gasteiger partial charge in [0.1, 0.15) is 11.1 Å². The number of nitrogens with one attached hydrogen (secondary N) is 2. The maximum Gasteiger partial charge on any atom is 0.407 e. The van der Waals surface area contributed by atoms with Gasteiger partial charge in [-0.1, -0.05) is 0 Å². The normalized spacial score (nSPS) is 20.9. The zero-order valence-corrected chi connectivity index (χ0v) is 17.3. The lowest BCUT2D eigenvalue weighted by atomic mass is 9.84. The highest BCUT2D eigenvalue weighted by Crippen LogP contribution is 2.33. The zero-order valence-electron chi connectivity index (χ0n) is 15.8. The van der Waals surface area contributed by atoms with Gasteiger partial charge in [0.05, 0.1) is 16.4 Å². The Morgan fingerprint density at radius 3 is 2.78 bits per heavy atom. The fourth-order valence-electron chi connectivity index (χ4n) is 3.72. The fraction of sp³-hybridized carbons (Fsp3) is 0.526. The highest BCUT2D eigenvalue weighted by atomic mass is 79.9. The van der Waals surface area contributed by atoms with Crippen LogP contribution in [0.4, 0.5) is 4.79 Å². The number of hydrogen-bond acceptors (Lipinski definition) is 4. The van der Waals surface area contributed by atoms with Crippen LogP contribution in [-0.4, -0.2) is 37.1 Å². The summed E-state index contributed by atoms with van der Waals surface area (Å²) >= 11 is 3.57. The van der Waals surface area contributed by atoms with Gasteiger partial charge >= 0.3 is 6.09 Å². The number of H-pyrrole nitrogens is 1. The van der Waals surface area contributed by atoms with Crippen molar-refractivity contribution >= 4 is 38.8 Å². The Labute approximate surface area is 166 Å². The first-order valence-corrected chi connectivity index (χ1v) is 10.1. The van der Waals surface area contributed by atoms with Gasteiger partial charge in [0.2, 0.25) is 0 Å². The molecule has 0 atom stereocenters. The Bertz CT molecular complexity index is 979. The number of nitrogens with zero attached hydrogens (tertiary/aromatic N) is 3. The lowest BCUT2D eigenvalue weighted by Gasteiger charge is -2.29. The zero-order chi connectivity index (χ0) is 19.2. The molecule has 27 heavy (non-hydrogen) atoms. The number of rotatable bonds is 2. The largest absolute Gasteiger partial charge is 0.444 e. The summed E-state index contributed by atoms with van der Waals surface area (Å²) in [4.78, 5) is 24.3. The molecular weight excluding hydrogens is 410 g/mol. The van der Waals surface area contributed by atoms with Crippen LogP contribution in [0.2, 0.25) is 0 Å². The quantitative estimate of drug-likeness (QED) is 0.621. The number of aromatic amines is 1. The molecule has 0 radical (unpaired) electrons. The van der Waals surface area contributed by atoms with Crippen molar-refractivity contribution in [2.75, 3.05) is 0 Å². The first kappa shape index (κ1) is 18.3. The topological polar surface area (TPSA) is 84.3 Å². The van der Waals surface area contributed by atoms with E-state index in [1.165, 1.54) is 0 Å². The fourth-order valence-corrected chi connectivity index (χ4v) is 4.21. The molecule has 1 fully saturated rings. The molecule has 1 aliphatic rings. The van der Waals surface area contributed by atoms with Crippen molar-refractivity contribution in [3.05, 3.63) is 28.8 Å². The summed E-state index contributed by atoms with van der Waals surface area (Å²) in [7, 11) is 0. The molecule has 144 valence electrons. The lowest BCUT2D eigenvalue weighted by Crippen LogP contribution is -2.40. The van der Waals surface area contributed by atoms with Gasteiger partial charge in [-0.3, -0.25) is 4.40 Å². The first-order chi connectivity index (χ1) is 12.8. The monoisotopic (exact) mass is 433 g/mol. The van der Waals surface area contributed by atoms with Crippen LogP contribution in [0.25, 0.3) is 16.8 Å². The smallest absolute Gasteiger partial charge is 0.407 e. The van der Waals surface area contributed by atoms with Crippen molar-refractivity contribution in [2.45, 2.75) is 64.0 Å². The van der Waals surface area contributed by atoms with E-state index < -0.39 is 5.60 Å². The molecule has 3 aromatic rings. The number of hydrogen-bond donors (Lipinski definition) is 2. The lowest BCUT2D eigenvalue weighted by molar-refractivity contribution is 0.0491. The minimum absolute atomic E-state index is 0.167. The molecule has 0 saturated heterocycles.